The number of non-ortho nitro benzene ring substituents is 1. The van der Waals surface area contributed by atoms with Crippen LogP contribution in [-0.2, 0) is 5.41 Å². The topological polar surface area (TPSA) is 71.1 Å². The van der Waals surface area contributed by atoms with Crippen molar-refractivity contribution in [3.63, 3.8) is 0 Å². The molecule has 2 aromatic carbocycles. The van der Waals surface area contributed by atoms with Crippen LogP contribution in [0.2, 0.25) is 0 Å². The van der Waals surface area contributed by atoms with Gasteiger partial charge in [0.25, 0.3) is 5.69 Å². The smallest absolute Gasteiger partial charge is 0.269 e. The summed E-state index contributed by atoms with van der Waals surface area (Å²) in [5.41, 5.74) is 3.68. The first-order valence-electron chi connectivity index (χ1n) is 7.60. The molecule has 1 aliphatic rings. The van der Waals surface area contributed by atoms with Gasteiger partial charge in [0, 0.05) is 24.6 Å². The van der Waals surface area contributed by atoms with Crippen molar-refractivity contribution in [3.8, 4) is 0 Å². The monoisotopic (exact) mass is 322 g/mol. The van der Waals surface area contributed by atoms with E-state index in [4.69, 9.17) is 0 Å². The predicted molar refractivity (Wildman–Crippen MR) is 96.6 cm³/mol. The van der Waals surface area contributed by atoms with E-state index >= 15 is 0 Å². The van der Waals surface area contributed by atoms with E-state index in [-0.39, 0.29) is 11.1 Å². The zero-order valence-corrected chi connectivity index (χ0v) is 13.8. The summed E-state index contributed by atoms with van der Waals surface area (Å²) in [7, 11) is 1.80. The zero-order valence-electron chi connectivity index (χ0n) is 13.8. The van der Waals surface area contributed by atoms with Gasteiger partial charge in [-0.1, -0.05) is 32.0 Å². The normalized spacial score (nSPS) is 15.2. The molecule has 0 aromatic heterocycles. The fraction of sp³-hybridized carbons (Fsp3) is 0.222. The van der Waals surface area contributed by atoms with Crippen molar-refractivity contribution in [2.24, 2.45) is 10.1 Å². The van der Waals surface area contributed by atoms with E-state index in [9.17, 15) is 10.1 Å². The first-order chi connectivity index (χ1) is 11.4. The number of benzene rings is 2. The third-order valence-corrected chi connectivity index (χ3v) is 4.25. The van der Waals surface area contributed by atoms with Crippen molar-refractivity contribution < 1.29 is 4.92 Å². The summed E-state index contributed by atoms with van der Waals surface area (Å²) in [4.78, 5) is 14.9. The van der Waals surface area contributed by atoms with Gasteiger partial charge in [-0.2, -0.15) is 5.10 Å². The second-order valence-corrected chi connectivity index (χ2v) is 6.18. The number of nitro groups is 1. The fourth-order valence-corrected chi connectivity index (χ4v) is 2.70. The van der Waals surface area contributed by atoms with Crippen LogP contribution in [0, 0.1) is 10.1 Å². The molecule has 3 rings (SSSR count). The summed E-state index contributed by atoms with van der Waals surface area (Å²) in [5.74, 6) is 0. The Bertz CT molecular complexity index is 838. The lowest BCUT2D eigenvalue weighted by Gasteiger charge is -2.20. The van der Waals surface area contributed by atoms with Crippen molar-refractivity contribution in [1.29, 1.82) is 0 Å². The molecule has 24 heavy (non-hydrogen) atoms. The van der Waals surface area contributed by atoms with Gasteiger partial charge in [0.15, 0.2) is 0 Å². The molecule has 1 heterocycles. The molecule has 1 aliphatic heterocycles. The first-order valence-corrected chi connectivity index (χ1v) is 7.60. The number of hydrogen-bond donors (Lipinski definition) is 0. The molecule has 122 valence electrons. The van der Waals surface area contributed by atoms with E-state index in [1.165, 1.54) is 17.7 Å². The van der Waals surface area contributed by atoms with E-state index < -0.39 is 4.92 Å². The highest BCUT2D eigenvalue weighted by atomic mass is 16.6. The largest absolute Gasteiger partial charge is 0.269 e. The van der Waals surface area contributed by atoms with Crippen molar-refractivity contribution in [2.45, 2.75) is 19.3 Å². The Morgan fingerprint density at radius 2 is 1.83 bits per heavy atom. The molecule has 0 unspecified atom stereocenters. The minimum Gasteiger partial charge on any atom is -0.269 e. The number of anilines is 1. The van der Waals surface area contributed by atoms with Gasteiger partial charge in [-0.05, 0) is 23.8 Å². The lowest BCUT2D eigenvalue weighted by molar-refractivity contribution is -0.384. The fourth-order valence-electron chi connectivity index (χ4n) is 2.70. The number of hydrazone groups is 1. The highest BCUT2D eigenvalue weighted by molar-refractivity contribution is 6.36. The zero-order chi connectivity index (χ0) is 17.3. The van der Waals surface area contributed by atoms with E-state index in [2.05, 4.69) is 30.0 Å². The minimum atomic E-state index is -0.417. The van der Waals surface area contributed by atoms with Crippen LogP contribution in [0.25, 0.3) is 0 Å². The summed E-state index contributed by atoms with van der Waals surface area (Å²) in [5, 5.41) is 16.8. The van der Waals surface area contributed by atoms with Crippen LogP contribution in [-0.4, -0.2) is 23.9 Å². The lowest BCUT2D eigenvalue weighted by Crippen LogP contribution is -2.27. The number of rotatable bonds is 4. The van der Waals surface area contributed by atoms with E-state index in [1.54, 1.807) is 30.4 Å². The second-order valence-electron chi connectivity index (χ2n) is 6.18. The van der Waals surface area contributed by atoms with Crippen LogP contribution in [0.5, 0.6) is 0 Å². The van der Waals surface area contributed by atoms with Gasteiger partial charge in [0.05, 0.1) is 28.2 Å². The van der Waals surface area contributed by atoms with Crippen LogP contribution >= 0.6 is 0 Å². The van der Waals surface area contributed by atoms with Crippen LogP contribution < -0.4 is 5.01 Å². The molecule has 0 fully saturated rings. The van der Waals surface area contributed by atoms with Crippen molar-refractivity contribution in [3.05, 3.63) is 64.2 Å². The van der Waals surface area contributed by atoms with Crippen LogP contribution in [0.3, 0.4) is 0 Å². The number of para-hydroxylation sites is 1. The Labute approximate surface area is 140 Å². The Hall–Kier alpha value is -3.02. The molecule has 0 spiro atoms. The molecule has 6 nitrogen and oxygen atoms in total. The van der Waals surface area contributed by atoms with Gasteiger partial charge in [-0.15, -0.1) is 0 Å². The maximum atomic E-state index is 10.7. The number of hydrogen-bond acceptors (Lipinski definition) is 5. The number of aliphatic imine (C=N–C) groups is 1. The highest BCUT2D eigenvalue weighted by Gasteiger charge is 2.33. The number of fused-ring (bicyclic) bond motifs is 1. The average Bonchev–Trinajstić information content (AvgIpc) is 2.83. The summed E-state index contributed by atoms with van der Waals surface area (Å²) in [6, 6.07) is 14.3. The summed E-state index contributed by atoms with van der Waals surface area (Å²) in [6.07, 6.45) is 1.75. The molecule has 0 aliphatic carbocycles. The second kappa shape index (κ2) is 5.88. The Morgan fingerprint density at radius 3 is 2.46 bits per heavy atom. The van der Waals surface area contributed by atoms with Gasteiger partial charge < -0.3 is 0 Å². The maximum absolute atomic E-state index is 10.7. The van der Waals surface area contributed by atoms with Crippen LogP contribution in [0.4, 0.5) is 17.1 Å². The molecule has 0 N–H and O–H groups in total. The standard InChI is InChI=1S/C18H18N4O2/c1-18(2)15-6-4-5-7-16(15)20-17(18)12-19-21(3)13-8-10-14(11-9-13)22(23)24/h4-12H,1-3H3/b19-12+. The average molecular weight is 322 g/mol. The van der Waals surface area contributed by atoms with Gasteiger partial charge in [0.2, 0.25) is 0 Å². The van der Waals surface area contributed by atoms with Crippen molar-refractivity contribution >= 4 is 29.0 Å². The summed E-state index contributed by atoms with van der Waals surface area (Å²) >= 11 is 0. The van der Waals surface area contributed by atoms with Gasteiger partial charge >= 0.3 is 0 Å². The third kappa shape index (κ3) is 2.78. The van der Waals surface area contributed by atoms with Crippen molar-refractivity contribution in [2.75, 3.05) is 12.1 Å². The molecular formula is C18H18N4O2. The molecule has 0 atom stereocenters. The van der Waals surface area contributed by atoms with Crippen LogP contribution in [0.15, 0.2) is 58.6 Å². The molecule has 0 radical (unpaired) electrons. The molecule has 2 aromatic rings. The van der Waals surface area contributed by atoms with E-state index in [0.29, 0.717) is 0 Å². The Kier molecular flexibility index (Phi) is 3.89. The Morgan fingerprint density at radius 1 is 1.17 bits per heavy atom. The van der Waals surface area contributed by atoms with E-state index in [0.717, 1.165) is 17.1 Å². The summed E-state index contributed by atoms with van der Waals surface area (Å²) < 4.78 is 0. The highest BCUT2D eigenvalue weighted by Crippen LogP contribution is 2.39. The number of nitrogens with zero attached hydrogens (tertiary/aromatic N) is 4. The van der Waals surface area contributed by atoms with Crippen molar-refractivity contribution in [1.82, 2.24) is 0 Å². The molecule has 0 saturated heterocycles. The molecule has 0 amide bonds. The SMILES string of the molecule is CN(/N=C/C1=Nc2ccccc2C1(C)C)c1ccc([N+](=O)[O-])cc1. The number of nitro benzene ring substituents is 1. The molecule has 6 heteroatoms. The molecule has 0 bridgehead atoms. The quantitative estimate of drug-likeness (QED) is 0.484. The van der Waals surface area contributed by atoms with Gasteiger partial charge in [-0.25, -0.2) is 0 Å². The summed E-state index contributed by atoms with van der Waals surface area (Å²) in [6.45, 7) is 4.24. The minimum absolute atomic E-state index is 0.0629. The lowest BCUT2D eigenvalue weighted by atomic mass is 9.82. The Balaban J connectivity index is 1.80. The van der Waals surface area contributed by atoms with E-state index in [1.807, 2.05) is 18.2 Å². The first kappa shape index (κ1) is 15.9. The maximum Gasteiger partial charge on any atom is 0.269 e. The molecule has 0 saturated carbocycles. The predicted octanol–water partition coefficient (Wildman–Crippen LogP) is 4.08. The molecular weight excluding hydrogens is 304 g/mol. The van der Waals surface area contributed by atoms with Crippen LogP contribution in [0.1, 0.15) is 19.4 Å². The third-order valence-electron chi connectivity index (χ3n) is 4.25. The van der Waals surface area contributed by atoms with Gasteiger partial charge in [-0.3, -0.25) is 20.1 Å². The van der Waals surface area contributed by atoms with Gasteiger partial charge in [0.1, 0.15) is 0 Å².